The number of carboxylic acids is 2. The number of fused-ring (bicyclic) bond motifs is 6. The quantitative estimate of drug-likeness (QED) is 0.149. The molecule has 0 heterocycles. The first kappa shape index (κ1) is 32.9. The van der Waals surface area contributed by atoms with E-state index in [9.17, 15) is 9.59 Å². The Kier molecular flexibility index (Phi) is 11.8. The third kappa shape index (κ3) is 8.54. The molecule has 2 aliphatic carbocycles. The van der Waals surface area contributed by atoms with E-state index < -0.39 is 11.9 Å². The third-order valence-electron chi connectivity index (χ3n) is 7.27. The van der Waals surface area contributed by atoms with Crippen molar-refractivity contribution in [3.05, 3.63) is 191 Å². The molecule has 8 rings (SSSR count). The largest absolute Gasteiger partial charge is 2.00 e. The Bertz CT molecular complexity index is 1640. The maximum absolute atomic E-state index is 10.2. The second-order valence-corrected chi connectivity index (χ2v) is 10.1. The average Bonchev–Trinajstić information content (AvgIpc) is 3.65. The summed E-state index contributed by atoms with van der Waals surface area (Å²) in [5.74, 6) is -1.76. The molecule has 0 fully saturated rings. The molecule has 2 N–H and O–H groups in total. The molecule has 0 amide bonds. The van der Waals surface area contributed by atoms with Gasteiger partial charge in [-0.05, 0) is 37.1 Å². The zero-order valence-corrected chi connectivity index (χ0v) is 26.0. The molecule has 0 bridgehead atoms. The molecule has 0 spiro atoms. The van der Waals surface area contributed by atoms with Crippen molar-refractivity contribution < 1.29 is 41.5 Å². The van der Waals surface area contributed by atoms with Gasteiger partial charge in [0.2, 0.25) is 0 Å². The van der Waals surface area contributed by atoms with Crippen molar-refractivity contribution in [3.8, 4) is 22.3 Å². The summed E-state index contributed by atoms with van der Waals surface area (Å²) in [6.07, 6.45) is 2.10. The molecule has 0 aliphatic heterocycles. The SMILES string of the molecule is O=C(O)c1ccccc1.O=C(O)c1ccccc1.[Ti+2].[c-]1cccc2c1Cc1ccccc1-2.[c-]1cccc2c1Cc1ccccc1-2. The van der Waals surface area contributed by atoms with Crippen molar-refractivity contribution in [1.82, 2.24) is 0 Å². The molecule has 0 atom stereocenters. The summed E-state index contributed by atoms with van der Waals surface area (Å²) in [6, 6.07) is 52.8. The van der Waals surface area contributed by atoms with Crippen LogP contribution in [0.4, 0.5) is 0 Å². The van der Waals surface area contributed by atoms with Crippen molar-refractivity contribution in [2.24, 2.45) is 0 Å². The van der Waals surface area contributed by atoms with Gasteiger partial charge < -0.3 is 10.2 Å². The monoisotopic (exact) mass is 622 g/mol. The second-order valence-electron chi connectivity index (χ2n) is 10.1. The van der Waals surface area contributed by atoms with Crippen molar-refractivity contribution in [2.75, 3.05) is 0 Å². The molecule has 4 nitrogen and oxygen atoms in total. The summed E-state index contributed by atoms with van der Waals surface area (Å²) in [5.41, 5.74) is 11.7. The number of benzene rings is 6. The minimum Gasteiger partial charge on any atom is -0.478 e. The fourth-order valence-corrected chi connectivity index (χ4v) is 5.16. The Balaban J connectivity index is 0.000000138. The standard InChI is InChI=1S/2C13H9.2C7H6O2.Ti/c2*1-3-7-12-10(5-1)9-11-6-2-4-8-13(11)12;2*8-7(9)6-4-2-1-3-5-6;/h2*1-5,7-8H,9H2;2*1-5H,(H,8,9);/q2*-1;;;+2. The molecule has 0 radical (unpaired) electrons. The van der Waals surface area contributed by atoms with Crippen LogP contribution >= 0.6 is 0 Å². The number of hydrogen-bond acceptors (Lipinski definition) is 2. The number of aromatic carboxylic acids is 2. The van der Waals surface area contributed by atoms with E-state index in [4.69, 9.17) is 10.2 Å². The molecule has 6 aromatic rings. The van der Waals surface area contributed by atoms with Crippen LogP contribution in [0.3, 0.4) is 0 Å². The minimum absolute atomic E-state index is 0. The maximum Gasteiger partial charge on any atom is 2.00 e. The van der Waals surface area contributed by atoms with E-state index in [2.05, 4.69) is 84.9 Å². The summed E-state index contributed by atoms with van der Waals surface area (Å²) in [4.78, 5) is 20.4. The summed E-state index contributed by atoms with van der Waals surface area (Å²) in [5, 5.41) is 16.8. The predicted molar refractivity (Wildman–Crippen MR) is 174 cm³/mol. The van der Waals surface area contributed by atoms with Gasteiger partial charge in [-0.2, -0.15) is 59.7 Å². The average molecular weight is 623 g/mol. The van der Waals surface area contributed by atoms with Gasteiger partial charge in [-0.3, -0.25) is 0 Å². The van der Waals surface area contributed by atoms with Gasteiger partial charge in [0.1, 0.15) is 0 Å². The van der Waals surface area contributed by atoms with Gasteiger partial charge >= 0.3 is 33.7 Å². The Labute approximate surface area is 278 Å². The molecule has 218 valence electrons. The summed E-state index contributed by atoms with van der Waals surface area (Å²) < 4.78 is 0. The molecule has 5 heteroatoms. The van der Waals surface area contributed by atoms with Crippen molar-refractivity contribution >= 4 is 11.9 Å². The molecule has 0 saturated heterocycles. The van der Waals surface area contributed by atoms with Crippen LogP contribution in [0.15, 0.2) is 146 Å². The Morgan fingerprint density at radius 2 is 0.778 bits per heavy atom. The fourth-order valence-electron chi connectivity index (χ4n) is 5.16. The zero-order valence-electron chi connectivity index (χ0n) is 24.5. The van der Waals surface area contributed by atoms with E-state index in [0.717, 1.165) is 12.8 Å². The van der Waals surface area contributed by atoms with E-state index in [-0.39, 0.29) is 21.7 Å². The van der Waals surface area contributed by atoms with Gasteiger partial charge in [0.05, 0.1) is 11.1 Å². The Morgan fingerprint density at radius 3 is 1.13 bits per heavy atom. The van der Waals surface area contributed by atoms with E-state index in [0.29, 0.717) is 11.1 Å². The van der Waals surface area contributed by atoms with Gasteiger partial charge in [-0.15, -0.1) is 11.1 Å². The van der Waals surface area contributed by atoms with Crippen LogP contribution in [0.1, 0.15) is 43.0 Å². The van der Waals surface area contributed by atoms with Crippen molar-refractivity contribution in [2.45, 2.75) is 12.8 Å². The van der Waals surface area contributed by atoms with Gasteiger partial charge in [0.25, 0.3) is 0 Å². The first-order valence-electron chi connectivity index (χ1n) is 14.2. The molecule has 6 aromatic carbocycles. The van der Waals surface area contributed by atoms with Gasteiger partial charge in [0, 0.05) is 0 Å². The van der Waals surface area contributed by atoms with E-state index >= 15 is 0 Å². The molecule has 0 unspecified atom stereocenters. The van der Waals surface area contributed by atoms with Crippen LogP contribution in [-0.4, -0.2) is 22.2 Å². The van der Waals surface area contributed by atoms with Crippen LogP contribution in [0.5, 0.6) is 0 Å². The van der Waals surface area contributed by atoms with Crippen LogP contribution in [-0.2, 0) is 34.6 Å². The summed E-state index contributed by atoms with van der Waals surface area (Å²) in [6.45, 7) is 0. The van der Waals surface area contributed by atoms with E-state index in [1.807, 2.05) is 12.1 Å². The number of hydrogen-bond donors (Lipinski definition) is 2. The van der Waals surface area contributed by atoms with Crippen LogP contribution < -0.4 is 0 Å². The maximum atomic E-state index is 10.2. The molecular formula is C40H30O4Ti. The van der Waals surface area contributed by atoms with Crippen LogP contribution in [0.25, 0.3) is 22.3 Å². The molecular weight excluding hydrogens is 592 g/mol. The van der Waals surface area contributed by atoms with Gasteiger partial charge in [-0.1, -0.05) is 107 Å². The van der Waals surface area contributed by atoms with Crippen molar-refractivity contribution in [1.29, 1.82) is 0 Å². The molecule has 0 aromatic heterocycles. The van der Waals surface area contributed by atoms with Crippen molar-refractivity contribution in [3.63, 3.8) is 0 Å². The Hall–Kier alpha value is -5.03. The Morgan fingerprint density at radius 1 is 0.444 bits per heavy atom. The zero-order chi connectivity index (χ0) is 30.7. The van der Waals surface area contributed by atoms with Gasteiger partial charge in [-0.25, -0.2) is 9.59 Å². The van der Waals surface area contributed by atoms with Gasteiger partial charge in [0.15, 0.2) is 0 Å². The molecule has 45 heavy (non-hydrogen) atoms. The summed E-state index contributed by atoms with van der Waals surface area (Å²) in [7, 11) is 0. The molecule has 0 saturated carbocycles. The number of carboxylic acid groups (broad SMARTS) is 2. The van der Waals surface area contributed by atoms with Crippen LogP contribution in [0, 0.1) is 12.1 Å². The minimum atomic E-state index is -0.879. The normalized spacial score (nSPS) is 10.7. The topological polar surface area (TPSA) is 74.6 Å². The van der Waals surface area contributed by atoms with E-state index in [1.54, 1.807) is 60.7 Å². The predicted octanol–water partition coefficient (Wildman–Crippen LogP) is 8.88. The first-order chi connectivity index (χ1) is 21.5. The third-order valence-corrected chi connectivity index (χ3v) is 7.27. The number of rotatable bonds is 2. The fraction of sp³-hybridized carbons (Fsp3) is 0.0500. The molecule has 2 aliphatic rings. The number of carbonyl (C=O) groups is 2. The second kappa shape index (κ2) is 16.2. The first-order valence-corrected chi connectivity index (χ1v) is 14.2. The smallest absolute Gasteiger partial charge is 0.478 e. The summed E-state index contributed by atoms with van der Waals surface area (Å²) >= 11 is 0. The van der Waals surface area contributed by atoms with E-state index in [1.165, 1.54) is 44.5 Å². The van der Waals surface area contributed by atoms with Crippen LogP contribution in [0.2, 0.25) is 0 Å².